The number of benzene rings is 2. The molecule has 0 amide bonds. The summed E-state index contributed by atoms with van der Waals surface area (Å²) in [7, 11) is 0. The van der Waals surface area contributed by atoms with Crippen molar-refractivity contribution in [1.29, 1.82) is 0 Å². The molecule has 112 valence electrons. The molecule has 2 rings (SSSR count). The quantitative estimate of drug-likeness (QED) is 0.700. The summed E-state index contributed by atoms with van der Waals surface area (Å²) >= 11 is 0. The molecule has 0 fully saturated rings. The van der Waals surface area contributed by atoms with Crippen molar-refractivity contribution in [3.8, 4) is 5.75 Å². The number of aliphatic hydroxyl groups excluding tert-OH is 1. The number of aliphatic hydroxyl groups is 1. The molecule has 0 unspecified atom stereocenters. The monoisotopic (exact) mass is 284 g/mol. The van der Waals surface area contributed by atoms with Crippen molar-refractivity contribution >= 4 is 0 Å². The second kappa shape index (κ2) is 8.48. The molecule has 2 heteroatoms. The van der Waals surface area contributed by atoms with E-state index in [-0.39, 0.29) is 0 Å². The van der Waals surface area contributed by atoms with Gasteiger partial charge in [0.25, 0.3) is 0 Å². The van der Waals surface area contributed by atoms with Crippen molar-refractivity contribution in [2.45, 2.75) is 45.3 Å². The molecular weight excluding hydrogens is 260 g/mol. The van der Waals surface area contributed by atoms with Crippen molar-refractivity contribution in [2.24, 2.45) is 0 Å². The van der Waals surface area contributed by atoms with E-state index >= 15 is 0 Å². The number of hydrogen-bond donors (Lipinski definition) is 1. The standard InChI is InChI=1S/C19H24O2/c1-2-3-5-13-19(20)17-11-8-12-18(14-17)21-15-16-9-6-4-7-10-16/h4,6-12,14,19-20H,2-3,5,13,15H2,1H3/t19-/m1/s1. The van der Waals surface area contributed by atoms with Gasteiger partial charge in [0.2, 0.25) is 0 Å². The van der Waals surface area contributed by atoms with Gasteiger partial charge in [-0.05, 0) is 29.7 Å². The fourth-order valence-electron chi connectivity index (χ4n) is 2.31. The van der Waals surface area contributed by atoms with Gasteiger partial charge >= 0.3 is 0 Å². The van der Waals surface area contributed by atoms with Crippen molar-refractivity contribution in [3.05, 3.63) is 65.7 Å². The van der Waals surface area contributed by atoms with Crippen LogP contribution in [0.25, 0.3) is 0 Å². The summed E-state index contributed by atoms with van der Waals surface area (Å²) in [6, 6.07) is 17.9. The summed E-state index contributed by atoms with van der Waals surface area (Å²) in [5, 5.41) is 10.2. The zero-order valence-electron chi connectivity index (χ0n) is 12.7. The first-order valence-electron chi connectivity index (χ1n) is 7.74. The molecule has 0 aliphatic heterocycles. The van der Waals surface area contributed by atoms with Crippen LogP contribution < -0.4 is 4.74 Å². The molecule has 0 heterocycles. The lowest BCUT2D eigenvalue weighted by Crippen LogP contribution is -1.99. The first-order chi connectivity index (χ1) is 10.3. The lowest BCUT2D eigenvalue weighted by Gasteiger charge is -2.13. The van der Waals surface area contributed by atoms with E-state index in [0.717, 1.165) is 29.7 Å². The number of ether oxygens (including phenoxy) is 1. The third-order valence-electron chi connectivity index (χ3n) is 3.57. The van der Waals surface area contributed by atoms with Crippen LogP contribution in [0.3, 0.4) is 0 Å². The van der Waals surface area contributed by atoms with Gasteiger partial charge in [0.1, 0.15) is 12.4 Å². The molecule has 1 atom stereocenters. The van der Waals surface area contributed by atoms with E-state index in [4.69, 9.17) is 4.74 Å². The van der Waals surface area contributed by atoms with Crippen LogP contribution in [0.4, 0.5) is 0 Å². The predicted molar refractivity (Wildman–Crippen MR) is 86.3 cm³/mol. The minimum absolute atomic E-state index is 0.392. The Hall–Kier alpha value is -1.80. The first kappa shape index (κ1) is 15.6. The van der Waals surface area contributed by atoms with E-state index in [2.05, 4.69) is 6.92 Å². The number of hydrogen-bond acceptors (Lipinski definition) is 2. The van der Waals surface area contributed by atoms with Crippen molar-refractivity contribution < 1.29 is 9.84 Å². The van der Waals surface area contributed by atoms with Crippen molar-refractivity contribution in [2.75, 3.05) is 0 Å². The third kappa shape index (κ3) is 5.24. The molecule has 21 heavy (non-hydrogen) atoms. The summed E-state index contributed by atoms with van der Waals surface area (Å²) in [4.78, 5) is 0. The van der Waals surface area contributed by atoms with E-state index in [1.807, 2.05) is 54.6 Å². The van der Waals surface area contributed by atoms with E-state index in [1.54, 1.807) is 0 Å². The highest BCUT2D eigenvalue weighted by Gasteiger charge is 2.08. The summed E-state index contributed by atoms with van der Waals surface area (Å²) in [5.74, 6) is 0.811. The van der Waals surface area contributed by atoms with Gasteiger partial charge in [-0.1, -0.05) is 68.7 Å². The second-order valence-electron chi connectivity index (χ2n) is 5.36. The van der Waals surface area contributed by atoms with E-state index in [1.165, 1.54) is 12.8 Å². The minimum atomic E-state index is -0.392. The van der Waals surface area contributed by atoms with Gasteiger partial charge in [-0.3, -0.25) is 0 Å². The van der Waals surface area contributed by atoms with E-state index < -0.39 is 6.10 Å². The minimum Gasteiger partial charge on any atom is -0.489 e. The van der Waals surface area contributed by atoms with Gasteiger partial charge in [0, 0.05) is 0 Å². The highest BCUT2D eigenvalue weighted by Crippen LogP contribution is 2.24. The SMILES string of the molecule is CCCCC[C@@H](O)c1cccc(OCc2ccccc2)c1. The van der Waals surface area contributed by atoms with Crippen LogP contribution in [0.15, 0.2) is 54.6 Å². The Morgan fingerprint density at radius 2 is 1.81 bits per heavy atom. The maximum atomic E-state index is 10.2. The lowest BCUT2D eigenvalue weighted by molar-refractivity contribution is 0.163. The predicted octanol–water partition coefficient (Wildman–Crippen LogP) is 4.88. The molecule has 0 saturated carbocycles. The van der Waals surface area contributed by atoms with Crippen LogP contribution in [0.1, 0.15) is 49.8 Å². The fourth-order valence-corrected chi connectivity index (χ4v) is 2.31. The average molecular weight is 284 g/mol. The first-order valence-corrected chi connectivity index (χ1v) is 7.74. The zero-order chi connectivity index (χ0) is 14.9. The van der Waals surface area contributed by atoms with Crippen LogP contribution in [0.2, 0.25) is 0 Å². The van der Waals surface area contributed by atoms with Gasteiger partial charge in [-0.2, -0.15) is 0 Å². The molecule has 2 nitrogen and oxygen atoms in total. The van der Waals surface area contributed by atoms with Gasteiger partial charge < -0.3 is 9.84 Å². The largest absolute Gasteiger partial charge is 0.489 e. The van der Waals surface area contributed by atoms with Crippen LogP contribution in [-0.2, 0) is 6.61 Å². The second-order valence-corrected chi connectivity index (χ2v) is 5.36. The Bertz CT molecular complexity index is 522. The van der Waals surface area contributed by atoms with Gasteiger partial charge in [0.05, 0.1) is 6.10 Å². The Morgan fingerprint density at radius 1 is 1.00 bits per heavy atom. The Balaban J connectivity index is 1.91. The fraction of sp³-hybridized carbons (Fsp3) is 0.368. The Kier molecular flexibility index (Phi) is 6.29. The molecule has 0 aromatic heterocycles. The maximum Gasteiger partial charge on any atom is 0.120 e. The molecule has 0 saturated heterocycles. The molecule has 0 spiro atoms. The van der Waals surface area contributed by atoms with Crippen LogP contribution >= 0.6 is 0 Å². The molecule has 0 radical (unpaired) electrons. The molecular formula is C19H24O2. The van der Waals surface area contributed by atoms with Gasteiger partial charge in [-0.25, -0.2) is 0 Å². The zero-order valence-corrected chi connectivity index (χ0v) is 12.7. The molecule has 0 aliphatic carbocycles. The Morgan fingerprint density at radius 3 is 2.57 bits per heavy atom. The summed E-state index contributed by atoms with van der Waals surface area (Å²) in [5.41, 5.74) is 2.09. The maximum absolute atomic E-state index is 10.2. The molecule has 1 N–H and O–H groups in total. The lowest BCUT2D eigenvalue weighted by atomic mass is 10.0. The number of rotatable bonds is 8. The molecule has 2 aromatic rings. The van der Waals surface area contributed by atoms with Crippen molar-refractivity contribution in [3.63, 3.8) is 0 Å². The van der Waals surface area contributed by atoms with Crippen LogP contribution in [-0.4, -0.2) is 5.11 Å². The van der Waals surface area contributed by atoms with Gasteiger partial charge in [-0.15, -0.1) is 0 Å². The normalized spacial score (nSPS) is 12.1. The highest BCUT2D eigenvalue weighted by molar-refractivity contribution is 5.30. The summed E-state index contributed by atoms with van der Waals surface area (Å²) in [6.45, 7) is 2.72. The van der Waals surface area contributed by atoms with Crippen LogP contribution in [0, 0.1) is 0 Å². The topological polar surface area (TPSA) is 29.5 Å². The van der Waals surface area contributed by atoms with E-state index in [9.17, 15) is 5.11 Å². The van der Waals surface area contributed by atoms with Crippen molar-refractivity contribution in [1.82, 2.24) is 0 Å². The van der Waals surface area contributed by atoms with Crippen LogP contribution in [0.5, 0.6) is 5.75 Å². The smallest absolute Gasteiger partial charge is 0.120 e. The van der Waals surface area contributed by atoms with E-state index in [0.29, 0.717) is 6.61 Å². The molecule has 0 aliphatic rings. The number of unbranched alkanes of at least 4 members (excludes halogenated alkanes) is 2. The Labute approximate surface area is 127 Å². The third-order valence-corrected chi connectivity index (χ3v) is 3.57. The average Bonchev–Trinajstić information content (AvgIpc) is 2.54. The van der Waals surface area contributed by atoms with Gasteiger partial charge in [0.15, 0.2) is 0 Å². The molecule has 0 bridgehead atoms. The molecule has 2 aromatic carbocycles. The summed E-state index contributed by atoms with van der Waals surface area (Å²) in [6.07, 6.45) is 3.83. The summed E-state index contributed by atoms with van der Waals surface area (Å²) < 4.78 is 5.80. The highest BCUT2D eigenvalue weighted by atomic mass is 16.5.